The van der Waals surface area contributed by atoms with Crippen molar-refractivity contribution in [2.75, 3.05) is 0 Å². The third-order valence-corrected chi connectivity index (χ3v) is 10.4. The van der Waals surface area contributed by atoms with Gasteiger partial charge in [0.15, 0.2) is 5.58 Å². The lowest BCUT2D eigenvalue weighted by molar-refractivity contribution is 0.666. The molecule has 0 aliphatic rings. The molecule has 0 bridgehead atoms. The highest BCUT2D eigenvalue weighted by Crippen LogP contribution is 2.43. The van der Waals surface area contributed by atoms with Gasteiger partial charge in [0.25, 0.3) is 0 Å². The lowest BCUT2D eigenvalue weighted by atomic mass is 9.98. The Kier molecular flexibility index (Phi) is 5.96. The van der Waals surface area contributed by atoms with Crippen molar-refractivity contribution in [3.05, 3.63) is 176 Å². The predicted octanol–water partition coefficient (Wildman–Crippen LogP) is 13.6. The van der Waals surface area contributed by atoms with Crippen LogP contribution in [0.25, 0.3) is 105 Å². The van der Waals surface area contributed by atoms with E-state index in [0.29, 0.717) is 0 Å². The van der Waals surface area contributed by atoms with Gasteiger partial charge in [-0.1, -0.05) is 121 Å². The minimum absolute atomic E-state index is 0.859. The van der Waals surface area contributed by atoms with Gasteiger partial charge in [0.05, 0.1) is 16.7 Å². The summed E-state index contributed by atoms with van der Waals surface area (Å²) in [5.41, 5.74) is 13.8. The average Bonchev–Trinajstić information content (AvgIpc) is 3.87. The molecule has 0 N–H and O–H groups in total. The van der Waals surface area contributed by atoms with Gasteiger partial charge in [0, 0.05) is 32.3 Å². The molecule has 0 aliphatic heterocycles. The molecule has 3 aromatic heterocycles. The maximum Gasteiger partial charge on any atom is 0.159 e. The topological polar surface area (TPSA) is 31.2 Å². The molecular weight excluding hydrogens is 623 g/mol. The van der Waals surface area contributed by atoms with Gasteiger partial charge in [-0.15, -0.1) is 0 Å². The van der Waals surface area contributed by atoms with Crippen molar-refractivity contribution in [2.45, 2.75) is 0 Å². The van der Waals surface area contributed by atoms with E-state index in [1.165, 1.54) is 33.0 Å². The standard InChI is InChI=1S/C48H29NO2/c1-3-11-30(12-4-1)32-22-25-41-39(27-32)40-28-33(31-13-5-2-6-14-31)23-26-42(40)49(41)43-18-9-17-38-47-35(16-10-20-45(47)51-48(38)43)34-21-24-37-36-15-7-8-19-44(36)50-46(37)29-34/h1-29H. The minimum Gasteiger partial charge on any atom is -0.456 e. The zero-order valence-electron chi connectivity index (χ0n) is 27.5. The first-order valence-electron chi connectivity index (χ1n) is 17.3. The number of hydrogen-bond acceptors (Lipinski definition) is 2. The smallest absolute Gasteiger partial charge is 0.159 e. The monoisotopic (exact) mass is 651 g/mol. The molecule has 0 radical (unpaired) electrons. The van der Waals surface area contributed by atoms with Crippen LogP contribution in [-0.4, -0.2) is 4.57 Å². The van der Waals surface area contributed by atoms with Crippen LogP contribution in [0.4, 0.5) is 0 Å². The molecular formula is C48H29NO2. The number of rotatable bonds is 4. The van der Waals surface area contributed by atoms with E-state index in [-0.39, 0.29) is 0 Å². The summed E-state index contributed by atoms with van der Waals surface area (Å²) in [5, 5.41) is 6.85. The van der Waals surface area contributed by atoms with Crippen LogP contribution < -0.4 is 0 Å². The number of aromatic nitrogens is 1. The molecule has 0 amide bonds. The van der Waals surface area contributed by atoms with Gasteiger partial charge in [-0.25, -0.2) is 0 Å². The molecule has 0 atom stereocenters. The van der Waals surface area contributed by atoms with Crippen LogP contribution >= 0.6 is 0 Å². The van der Waals surface area contributed by atoms with Crippen molar-refractivity contribution in [3.63, 3.8) is 0 Å². The fourth-order valence-electron chi connectivity index (χ4n) is 8.05. The van der Waals surface area contributed by atoms with Gasteiger partial charge >= 0.3 is 0 Å². The molecule has 11 rings (SSSR count). The van der Waals surface area contributed by atoms with Gasteiger partial charge in [0.1, 0.15) is 16.7 Å². The molecule has 8 aromatic carbocycles. The van der Waals surface area contributed by atoms with Gasteiger partial charge < -0.3 is 13.4 Å². The average molecular weight is 652 g/mol. The Labute approximate surface area is 293 Å². The Hall–Kier alpha value is -6.84. The van der Waals surface area contributed by atoms with Crippen molar-refractivity contribution in [2.24, 2.45) is 0 Å². The van der Waals surface area contributed by atoms with E-state index >= 15 is 0 Å². The molecule has 3 nitrogen and oxygen atoms in total. The highest BCUT2D eigenvalue weighted by atomic mass is 16.3. The fraction of sp³-hybridized carbons (Fsp3) is 0. The summed E-state index contributed by atoms with van der Waals surface area (Å²) in [6.45, 7) is 0. The van der Waals surface area contributed by atoms with Gasteiger partial charge in [0.2, 0.25) is 0 Å². The highest BCUT2D eigenvalue weighted by molar-refractivity contribution is 6.17. The van der Waals surface area contributed by atoms with E-state index in [1.807, 2.05) is 12.1 Å². The van der Waals surface area contributed by atoms with Crippen LogP contribution in [0.1, 0.15) is 0 Å². The second-order valence-corrected chi connectivity index (χ2v) is 13.3. The van der Waals surface area contributed by atoms with E-state index in [2.05, 4.69) is 168 Å². The lowest BCUT2D eigenvalue weighted by Crippen LogP contribution is -1.94. The van der Waals surface area contributed by atoms with Crippen LogP contribution in [0.15, 0.2) is 185 Å². The molecule has 0 unspecified atom stereocenters. The maximum absolute atomic E-state index is 6.84. The third-order valence-electron chi connectivity index (χ3n) is 10.4. The number of fused-ring (bicyclic) bond motifs is 9. The first-order chi connectivity index (χ1) is 25.3. The van der Waals surface area contributed by atoms with Crippen molar-refractivity contribution in [1.82, 2.24) is 4.57 Å². The molecule has 0 aliphatic carbocycles. The molecule has 0 saturated carbocycles. The van der Waals surface area contributed by atoms with Crippen LogP contribution in [0.5, 0.6) is 0 Å². The van der Waals surface area contributed by atoms with E-state index in [0.717, 1.165) is 71.7 Å². The first kappa shape index (κ1) is 28.0. The predicted molar refractivity (Wildman–Crippen MR) is 212 cm³/mol. The summed E-state index contributed by atoms with van der Waals surface area (Å²) in [6, 6.07) is 62.5. The Morgan fingerprint density at radius 1 is 0.333 bits per heavy atom. The SMILES string of the molecule is c1ccc(-c2ccc3c(c2)c2cc(-c4ccccc4)ccc2n3-c2cccc3c2oc2cccc(-c4ccc5c(c4)oc4ccccc45)c23)cc1. The number of para-hydroxylation sites is 2. The quantitative estimate of drug-likeness (QED) is 0.190. The molecule has 11 aromatic rings. The fourth-order valence-corrected chi connectivity index (χ4v) is 8.05. The molecule has 0 fully saturated rings. The molecule has 51 heavy (non-hydrogen) atoms. The Balaban J connectivity index is 1.16. The number of benzene rings is 8. The largest absolute Gasteiger partial charge is 0.456 e. The van der Waals surface area contributed by atoms with E-state index < -0.39 is 0 Å². The number of furan rings is 2. The summed E-state index contributed by atoms with van der Waals surface area (Å²) in [4.78, 5) is 0. The Bertz CT molecular complexity index is 3030. The molecule has 3 heterocycles. The van der Waals surface area contributed by atoms with Crippen LogP contribution in [-0.2, 0) is 0 Å². The van der Waals surface area contributed by atoms with Crippen LogP contribution in [0.3, 0.4) is 0 Å². The van der Waals surface area contributed by atoms with E-state index in [9.17, 15) is 0 Å². The summed E-state index contributed by atoms with van der Waals surface area (Å²) >= 11 is 0. The van der Waals surface area contributed by atoms with Crippen molar-refractivity contribution in [3.8, 4) is 39.1 Å². The first-order valence-corrected chi connectivity index (χ1v) is 17.3. The number of nitrogens with zero attached hydrogens (tertiary/aromatic N) is 1. The zero-order valence-corrected chi connectivity index (χ0v) is 27.5. The van der Waals surface area contributed by atoms with Crippen molar-refractivity contribution < 1.29 is 8.83 Å². The van der Waals surface area contributed by atoms with Gasteiger partial charge in [-0.3, -0.25) is 0 Å². The summed E-state index contributed by atoms with van der Waals surface area (Å²) in [6.07, 6.45) is 0. The van der Waals surface area contributed by atoms with Gasteiger partial charge in [-0.05, 0) is 88.0 Å². The normalized spacial score (nSPS) is 11.9. The Morgan fingerprint density at radius 2 is 0.922 bits per heavy atom. The summed E-state index contributed by atoms with van der Waals surface area (Å²) in [5.74, 6) is 0. The maximum atomic E-state index is 6.84. The minimum atomic E-state index is 0.859. The highest BCUT2D eigenvalue weighted by Gasteiger charge is 2.21. The van der Waals surface area contributed by atoms with Crippen molar-refractivity contribution >= 4 is 65.7 Å². The summed E-state index contributed by atoms with van der Waals surface area (Å²) < 4.78 is 15.5. The second-order valence-electron chi connectivity index (χ2n) is 13.3. The van der Waals surface area contributed by atoms with Crippen LogP contribution in [0.2, 0.25) is 0 Å². The molecule has 0 saturated heterocycles. The van der Waals surface area contributed by atoms with Crippen molar-refractivity contribution in [1.29, 1.82) is 0 Å². The second kappa shape index (κ2) is 10.8. The van der Waals surface area contributed by atoms with E-state index in [1.54, 1.807) is 0 Å². The van der Waals surface area contributed by atoms with E-state index in [4.69, 9.17) is 8.83 Å². The van der Waals surface area contributed by atoms with Gasteiger partial charge in [-0.2, -0.15) is 0 Å². The lowest BCUT2D eigenvalue weighted by Gasteiger charge is -2.10. The van der Waals surface area contributed by atoms with Crippen LogP contribution in [0, 0.1) is 0 Å². The Morgan fingerprint density at radius 3 is 1.65 bits per heavy atom. The summed E-state index contributed by atoms with van der Waals surface area (Å²) in [7, 11) is 0. The number of hydrogen-bond donors (Lipinski definition) is 0. The zero-order chi connectivity index (χ0) is 33.5. The molecule has 3 heteroatoms. The molecule has 238 valence electrons. The molecule has 0 spiro atoms. The third kappa shape index (κ3) is 4.25.